The van der Waals surface area contributed by atoms with E-state index in [1.165, 1.54) is 6.92 Å². The van der Waals surface area contributed by atoms with Crippen molar-refractivity contribution in [3.8, 4) is 0 Å². The summed E-state index contributed by atoms with van der Waals surface area (Å²) in [6.45, 7) is 1.20. The van der Waals surface area contributed by atoms with Crippen LogP contribution >= 0.6 is 7.82 Å². The van der Waals surface area contributed by atoms with Crippen LogP contribution in [0.1, 0.15) is 18.1 Å². The third kappa shape index (κ3) is 4.17. The summed E-state index contributed by atoms with van der Waals surface area (Å²) in [5, 5.41) is 12.5. The van der Waals surface area contributed by atoms with Gasteiger partial charge in [-0.2, -0.15) is 0 Å². The maximum Gasteiger partial charge on any atom is 1.00 e. The maximum absolute atomic E-state index is 13.2. The number of hydrogen-bond donors (Lipinski definition) is 2. The minimum atomic E-state index is -4.90. The summed E-state index contributed by atoms with van der Waals surface area (Å²) in [7, 11) is -4.90. The fraction of sp³-hybridized carbons (Fsp3) is 0.176. The van der Waals surface area contributed by atoms with Crippen molar-refractivity contribution in [1.82, 2.24) is 4.90 Å². The predicted octanol–water partition coefficient (Wildman–Crippen LogP) is -2.05. The Kier molecular flexibility index (Phi) is 6.65. The van der Waals surface area contributed by atoms with Gasteiger partial charge < -0.3 is 14.9 Å². The standard InChI is InChI=1S/C17H17N2O6P.Na/c1-12(25-26(22,23)24)19-15(20)17(18-16(19)21,13-8-4-2-5-9-13)14-10-6-3-7-11-14;/h2-12H,1H3,(H,18,21)(H2,22,23,24);/q;+1/p-1. The van der Waals surface area contributed by atoms with E-state index in [4.69, 9.17) is 9.79 Å². The Labute approximate surface area is 178 Å². The second-order valence-corrected chi connectivity index (χ2v) is 6.90. The molecule has 1 aliphatic heterocycles. The number of benzene rings is 2. The molecule has 0 spiro atoms. The largest absolute Gasteiger partial charge is 1.00 e. The fourth-order valence-electron chi connectivity index (χ4n) is 2.97. The molecular weight excluding hydrogens is 382 g/mol. The first-order valence-electron chi connectivity index (χ1n) is 7.71. The average Bonchev–Trinajstić information content (AvgIpc) is 2.86. The molecule has 1 aliphatic rings. The topological polar surface area (TPSA) is 122 Å². The van der Waals surface area contributed by atoms with Gasteiger partial charge in [-0.05, 0) is 18.1 Å². The first kappa shape index (κ1) is 21.8. The number of hydrogen-bond acceptors (Lipinski definition) is 5. The molecule has 0 fully saturated rings. The fourth-order valence-corrected chi connectivity index (χ4v) is 3.47. The Bertz CT molecular complexity index is 847. The zero-order valence-corrected chi connectivity index (χ0v) is 17.6. The molecule has 0 aliphatic carbocycles. The molecule has 10 heteroatoms. The van der Waals surface area contributed by atoms with Crippen LogP contribution in [0.4, 0.5) is 0 Å². The molecule has 136 valence electrons. The number of amidine groups is 1. The number of rotatable bonds is 5. The van der Waals surface area contributed by atoms with Crippen molar-refractivity contribution >= 4 is 19.8 Å². The van der Waals surface area contributed by atoms with E-state index >= 15 is 0 Å². The zero-order chi connectivity index (χ0) is 18.9. The summed E-state index contributed by atoms with van der Waals surface area (Å²) in [5.41, 5.74) is -0.697. The van der Waals surface area contributed by atoms with Crippen LogP contribution in [0.25, 0.3) is 0 Å². The van der Waals surface area contributed by atoms with Crippen LogP contribution in [0.5, 0.6) is 0 Å². The Morgan fingerprint density at radius 2 is 1.52 bits per heavy atom. The van der Waals surface area contributed by atoms with Crippen molar-refractivity contribution < 1.29 is 58.3 Å². The Hall–Kier alpha value is -1.51. The SMILES string of the molecule is CC(OP(=O)(O)O)N1C(=O)C(c2ccccc2)(c2ccccc2)N=C1[O-].[Na+]. The van der Waals surface area contributed by atoms with Gasteiger partial charge in [0.05, 0.1) is 6.02 Å². The van der Waals surface area contributed by atoms with Gasteiger partial charge in [-0.15, -0.1) is 0 Å². The number of phosphoric acid groups is 1. The van der Waals surface area contributed by atoms with Gasteiger partial charge >= 0.3 is 37.4 Å². The molecule has 2 N–H and O–H groups in total. The van der Waals surface area contributed by atoms with Crippen LogP contribution < -0.4 is 34.7 Å². The molecule has 0 aromatic heterocycles. The van der Waals surface area contributed by atoms with Crippen LogP contribution in [0.3, 0.4) is 0 Å². The summed E-state index contributed by atoms with van der Waals surface area (Å²) < 4.78 is 15.6. The number of carbonyl (C=O) groups excluding carboxylic acids is 1. The molecule has 0 saturated heterocycles. The minimum absolute atomic E-state index is 0. The number of phosphoric ester groups is 1. The van der Waals surface area contributed by atoms with Crippen molar-refractivity contribution in [2.24, 2.45) is 4.99 Å². The average molecular weight is 398 g/mol. The molecule has 0 radical (unpaired) electrons. The van der Waals surface area contributed by atoms with Crippen molar-refractivity contribution in [3.63, 3.8) is 0 Å². The summed E-state index contributed by atoms with van der Waals surface area (Å²) in [4.78, 5) is 35.9. The summed E-state index contributed by atoms with van der Waals surface area (Å²) in [6.07, 6.45) is -1.48. The summed E-state index contributed by atoms with van der Waals surface area (Å²) >= 11 is 0. The Morgan fingerprint density at radius 1 is 1.07 bits per heavy atom. The molecule has 1 amide bonds. The number of nitrogens with zero attached hydrogens (tertiary/aromatic N) is 2. The van der Waals surface area contributed by atoms with Gasteiger partial charge in [-0.3, -0.25) is 19.2 Å². The van der Waals surface area contributed by atoms with Crippen LogP contribution in [0.2, 0.25) is 0 Å². The first-order chi connectivity index (χ1) is 12.3. The van der Waals surface area contributed by atoms with Gasteiger partial charge in [0.25, 0.3) is 5.91 Å². The van der Waals surface area contributed by atoms with Crippen molar-refractivity contribution in [1.29, 1.82) is 0 Å². The molecule has 2 aromatic rings. The van der Waals surface area contributed by atoms with Gasteiger partial charge in [0, 0.05) is 0 Å². The first-order valence-corrected chi connectivity index (χ1v) is 9.24. The van der Waals surface area contributed by atoms with E-state index in [0.29, 0.717) is 16.0 Å². The van der Waals surface area contributed by atoms with Gasteiger partial charge in [0.1, 0.15) is 6.23 Å². The molecule has 0 saturated carbocycles. The molecule has 1 heterocycles. The van der Waals surface area contributed by atoms with E-state index in [1.807, 2.05) is 0 Å². The Balaban J connectivity index is 0.00000261. The van der Waals surface area contributed by atoms with Gasteiger partial charge in [-0.25, -0.2) is 4.57 Å². The van der Waals surface area contributed by atoms with Crippen molar-refractivity contribution in [3.05, 3.63) is 71.8 Å². The molecule has 2 aromatic carbocycles. The van der Waals surface area contributed by atoms with E-state index in [1.54, 1.807) is 60.7 Å². The number of amides is 1. The van der Waals surface area contributed by atoms with Crippen LogP contribution in [-0.2, 0) is 19.4 Å². The van der Waals surface area contributed by atoms with Gasteiger partial charge in [0.15, 0.2) is 5.54 Å². The van der Waals surface area contributed by atoms with E-state index in [9.17, 15) is 14.5 Å². The molecule has 27 heavy (non-hydrogen) atoms. The molecular formula is C17H16N2NaO6P. The number of aliphatic imine (C=N–C) groups is 1. The zero-order valence-electron chi connectivity index (χ0n) is 14.7. The molecule has 1 unspecified atom stereocenters. The molecule has 0 bridgehead atoms. The van der Waals surface area contributed by atoms with Crippen molar-refractivity contribution in [2.75, 3.05) is 0 Å². The normalized spacial score (nSPS) is 17.2. The monoisotopic (exact) mass is 398 g/mol. The Morgan fingerprint density at radius 3 is 1.93 bits per heavy atom. The maximum atomic E-state index is 13.2. The van der Waals surface area contributed by atoms with Crippen LogP contribution in [-0.4, -0.2) is 32.8 Å². The number of carbonyl (C=O) groups is 1. The summed E-state index contributed by atoms with van der Waals surface area (Å²) in [6, 6.07) is 16.1. The minimum Gasteiger partial charge on any atom is -0.846 e. The smallest absolute Gasteiger partial charge is 0.846 e. The predicted molar refractivity (Wildman–Crippen MR) is 90.5 cm³/mol. The second kappa shape index (κ2) is 8.24. The van der Waals surface area contributed by atoms with Crippen LogP contribution in [0, 0.1) is 0 Å². The van der Waals surface area contributed by atoms with E-state index in [2.05, 4.69) is 9.52 Å². The third-order valence-electron chi connectivity index (χ3n) is 4.03. The van der Waals surface area contributed by atoms with Gasteiger partial charge in [0.2, 0.25) is 0 Å². The molecule has 3 rings (SSSR count). The molecule has 8 nitrogen and oxygen atoms in total. The van der Waals surface area contributed by atoms with Crippen molar-refractivity contribution in [2.45, 2.75) is 18.7 Å². The van der Waals surface area contributed by atoms with E-state index < -0.39 is 31.5 Å². The third-order valence-corrected chi connectivity index (χ3v) is 4.61. The molecule has 1 atom stereocenters. The van der Waals surface area contributed by atoms with E-state index in [0.717, 1.165) is 0 Å². The van der Waals surface area contributed by atoms with Crippen LogP contribution in [0.15, 0.2) is 65.7 Å². The summed E-state index contributed by atoms with van der Waals surface area (Å²) in [5.74, 6) is -0.735. The quantitative estimate of drug-likeness (QED) is 0.442. The van der Waals surface area contributed by atoms with Gasteiger partial charge in [-0.1, -0.05) is 60.7 Å². The second-order valence-electron chi connectivity index (χ2n) is 5.71. The van der Waals surface area contributed by atoms with E-state index in [-0.39, 0.29) is 29.6 Å².